The number of hydrogen-bond acceptors (Lipinski definition) is 5. The fourth-order valence-corrected chi connectivity index (χ4v) is 1.93. The van der Waals surface area contributed by atoms with Crippen LogP contribution in [0.4, 0.5) is 0 Å². The molecule has 0 heterocycles. The molecule has 1 unspecified atom stereocenters. The third-order valence-corrected chi connectivity index (χ3v) is 3.26. The minimum Gasteiger partial charge on any atom is -0.497 e. The Labute approximate surface area is 129 Å². The van der Waals surface area contributed by atoms with Crippen molar-refractivity contribution in [3.05, 3.63) is 29.8 Å². The van der Waals surface area contributed by atoms with Gasteiger partial charge in [0.05, 0.1) is 20.6 Å². The summed E-state index contributed by atoms with van der Waals surface area (Å²) in [4.78, 5) is 34.8. The van der Waals surface area contributed by atoms with Gasteiger partial charge in [-0.05, 0) is 31.0 Å². The number of ketones is 1. The molecule has 1 amide bonds. The van der Waals surface area contributed by atoms with Crippen molar-refractivity contribution in [2.24, 2.45) is 5.92 Å². The third kappa shape index (κ3) is 5.55. The Hall–Kier alpha value is -2.37. The van der Waals surface area contributed by atoms with Gasteiger partial charge in [-0.3, -0.25) is 14.4 Å². The van der Waals surface area contributed by atoms with Crippen molar-refractivity contribution in [3.63, 3.8) is 0 Å². The molecule has 1 N–H and O–H groups in total. The summed E-state index contributed by atoms with van der Waals surface area (Å²) in [6, 6.07) is 7.19. The van der Waals surface area contributed by atoms with E-state index >= 15 is 0 Å². The molecule has 0 saturated heterocycles. The summed E-state index contributed by atoms with van der Waals surface area (Å²) in [7, 11) is 2.86. The summed E-state index contributed by atoms with van der Waals surface area (Å²) in [5.41, 5.74) is 0.865. The number of amides is 1. The third-order valence-electron chi connectivity index (χ3n) is 3.26. The number of methoxy groups -OCH3 is 2. The molecule has 120 valence electrons. The van der Waals surface area contributed by atoms with Gasteiger partial charge in [-0.1, -0.05) is 12.1 Å². The number of carbonyl (C=O) groups is 3. The molecule has 6 nitrogen and oxygen atoms in total. The van der Waals surface area contributed by atoms with E-state index in [-0.39, 0.29) is 24.7 Å². The largest absolute Gasteiger partial charge is 0.497 e. The van der Waals surface area contributed by atoms with Gasteiger partial charge in [-0.15, -0.1) is 0 Å². The lowest BCUT2D eigenvalue weighted by atomic mass is 9.95. The molecule has 0 saturated carbocycles. The van der Waals surface area contributed by atoms with Crippen LogP contribution in [0.5, 0.6) is 5.75 Å². The van der Waals surface area contributed by atoms with Crippen LogP contribution in [-0.4, -0.2) is 38.4 Å². The zero-order valence-corrected chi connectivity index (χ0v) is 13.0. The number of hydrogen-bond donors (Lipinski definition) is 1. The predicted octanol–water partition coefficient (Wildman–Crippen LogP) is 1.12. The summed E-state index contributed by atoms with van der Waals surface area (Å²) in [5.74, 6) is -1.06. The summed E-state index contributed by atoms with van der Waals surface area (Å²) in [6.07, 6.45) is 0.388. The smallest absolute Gasteiger partial charge is 0.307 e. The highest BCUT2D eigenvalue weighted by Crippen LogP contribution is 2.15. The Kier molecular flexibility index (Phi) is 7.08. The normalized spacial score (nSPS) is 11.4. The van der Waals surface area contributed by atoms with Crippen molar-refractivity contribution >= 4 is 17.7 Å². The van der Waals surface area contributed by atoms with E-state index in [9.17, 15) is 14.4 Å². The maximum atomic E-state index is 12.1. The van der Waals surface area contributed by atoms with Crippen molar-refractivity contribution in [2.45, 2.75) is 19.8 Å². The first-order valence-corrected chi connectivity index (χ1v) is 6.95. The summed E-state index contributed by atoms with van der Waals surface area (Å²) < 4.78 is 9.55. The molecule has 0 aromatic heterocycles. The molecule has 1 aromatic carbocycles. The molecule has 0 fully saturated rings. The van der Waals surface area contributed by atoms with Crippen molar-refractivity contribution in [3.8, 4) is 5.75 Å². The lowest BCUT2D eigenvalue weighted by Crippen LogP contribution is -2.37. The van der Waals surface area contributed by atoms with Crippen molar-refractivity contribution in [1.82, 2.24) is 5.32 Å². The molecule has 1 rings (SSSR count). The van der Waals surface area contributed by atoms with Crippen LogP contribution in [-0.2, 0) is 25.5 Å². The number of nitrogens with one attached hydrogen (secondary N) is 1. The van der Waals surface area contributed by atoms with Crippen LogP contribution in [0.3, 0.4) is 0 Å². The van der Waals surface area contributed by atoms with Gasteiger partial charge < -0.3 is 14.8 Å². The van der Waals surface area contributed by atoms with E-state index in [4.69, 9.17) is 4.74 Å². The first-order chi connectivity index (χ1) is 10.5. The van der Waals surface area contributed by atoms with Crippen LogP contribution >= 0.6 is 0 Å². The second kappa shape index (κ2) is 8.81. The molecule has 0 bridgehead atoms. The molecular weight excluding hydrogens is 286 g/mol. The van der Waals surface area contributed by atoms with Gasteiger partial charge in [-0.2, -0.15) is 0 Å². The molecule has 0 aliphatic carbocycles. The fourth-order valence-electron chi connectivity index (χ4n) is 1.93. The summed E-state index contributed by atoms with van der Waals surface area (Å²) in [6.45, 7) is 1.53. The van der Waals surface area contributed by atoms with E-state index in [0.29, 0.717) is 12.2 Å². The quantitative estimate of drug-likeness (QED) is 0.575. The van der Waals surface area contributed by atoms with Gasteiger partial charge in [0.15, 0.2) is 0 Å². The van der Waals surface area contributed by atoms with Crippen LogP contribution in [0.1, 0.15) is 18.9 Å². The number of ether oxygens (including phenoxy) is 2. The van der Waals surface area contributed by atoms with Gasteiger partial charge in [0.1, 0.15) is 17.5 Å². The van der Waals surface area contributed by atoms with Gasteiger partial charge in [0, 0.05) is 6.54 Å². The number of rotatable bonds is 8. The molecular formula is C16H21NO5. The second-order valence-electron chi connectivity index (χ2n) is 4.83. The molecule has 22 heavy (non-hydrogen) atoms. The highest BCUT2D eigenvalue weighted by Gasteiger charge is 2.23. The molecule has 1 atom stereocenters. The summed E-state index contributed by atoms with van der Waals surface area (Å²) >= 11 is 0. The number of carbonyl (C=O) groups excluding carboxylic acids is 3. The first kappa shape index (κ1) is 17.7. The zero-order valence-electron chi connectivity index (χ0n) is 13.0. The van der Waals surface area contributed by atoms with E-state index in [1.54, 1.807) is 19.2 Å². The first-order valence-electron chi connectivity index (χ1n) is 6.95. The number of benzene rings is 1. The van der Waals surface area contributed by atoms with Gasteiger partial charge in [0.25, 0.3) is 0 Å². The molecule has 0 aliphatic heterocycles. The SMILES string of the molecule is COC(=O)CCNC(=O)C(Cc1ccc(OC)cc1)C(C)=O. The number of esters is 1. The highest BCUT2D eigenvalue weighted by atomic mass is 16.5. The predicted molar refractivity (Wildman–Crippen MR) is 80.5 cm³/mol. The van der Waals surface area contributed by atoms with Gasteiger partial charge in [-0.25, -0.2) is 0 Å². The van der Waals surface area contributed by atoms with Gasteiger partial charge >= 0.3 is 5.97 Å². The highest BCUT2D eigenvalue weighted by molar-refractivity contribution is 6.00. The maximum Gasteiger partial charge on any atom is 0.307 e. The van der Waals surface area contributed by atoms with Crippen LogP contribution in [0.25, 0.3) is 0 Å². The molecule has 0 spiro atoms. The second-order valence-corrected chi connectivity index (χ2v) is 4.83. The Bertz CT molecular complexity index is 524. The Balaban J connectivity index is 2.62. The van der Waals surface area contributed by atoms with Crippen LogP contribution in [0, 0.1) is 5.92 Å². The zero-order chi connectivity index (χ0) is 16.5. The van der Waals surface area contributed by atoms with Crippen molar-refractivity contribution < 1.29 is 23.9 Å². The van der Waals surface area contributed by atoms with E-state index < -0.39 is 11.9 Å². The molecule has 0 radical (unpaired) electrons. The molecule has 6 heteroatoms. The van der Waals surface area contributed by atoms with Gasteiger partial charge in [0.2, 0.25) is 5.91 Å². The van der Waals surface area contributed by atoms with E-state index in [0.717, 1.165) is 5.56 Å². The van der Waals surface area contributed by atoms with Crippen LogP contribution in [0.15, 0.2) is 24.3 Å². The van der Waals surface area contributed by atoms with E-state index in [1.807, 2.05) is 12.1 Å². The van der Waals surface area contributed by atoms with Crippen molar-refractivity contribution in [2.75, 3.05) is 20.8 Å². The average molecular weight is 307 g/mol. The Morgan fingerprint density at radius 2 is 1.77 bits per heavy atom. The van der Waals surface area contributed by atoms with Crippen LogP contribution < -0.4 is 10.1 Å². The summed E-state index contributed by atoms with van der Waals surface area (Å²) in [5, 5.41) is 2.59. The van der Waals surface area contributed by atoms with E-state index in [2.05, 4.69) is 10.1 Å². The van der Waals surface area contributed by atoms with E-state index in [1.165, 1.54) is 14.0 Å². The van der Waals surface area contributed by atoms with Crippen LogP contribution in [0.2, 0.25) is 0 Å². The lowest BCUT2D eigenvalue weighted by molar-refractivity contribution is -0.140. The Morgan fingerprint density at radius 1 is 1.14 bits per heavy atom. The number of Topliss-reactive ketones (excluding diaryl/α,β-unsaturated/α-hetero) is 1. The van der Waals surface area contributed by atoms with Crippen molar-refractivity contribution in [1.29, 1.82) is 0 Å². The average Bonchev–Trinajstić information content (AvgIpc) is 2.52. The minimum atomic E-state index is -0.772. The standard InChI is InChI=1S/C16H21NO5/c1-11(18)14(16(20)17-9-8-15(19)22-3)10-12-4-6-13(21-2)7-5-12/h4-7,14H,8-10H2,1-3H3,(H,17,20). The minimum absolute atomic E-state index is 0.0788. The molecule has 0 aliphatic rings. The maximum absolute atomic E-state index is 12.1. The monoisotopic (exact) mass is 307 g/mol. The lowest BCUT2D eigenvalue weighted by Gasteiger charge is -2.14. The molecule has 1 aromatic rings. The Morgan fingerprint density at radius 3 is 2.27 bits per heavy atom. The topological polar surface area (TPSA) is 81.7 Å². The fraction of sp³-hybridized carbons (Fsp3) is 0.438.